The van der Waals surface area contributed by atoms with Gasteiger partial charge in [0.2, 0.25) is 5.91 Å². The summed E-state index contributed by atoms with van der Waals surface area (Å²) in [5.74, 6) is -1.08. The second-order valence-electron chi connectivity index (χ2n) is 3.78. The lowest BCUT2D eigenvalue weighted by Gasteiger charge is -2.09. The van der Waals surface area contributed by atoms with Crippen LogP contribution in [0.3, 0.4) is 0 Å². The van der Waals surface area contributed by atoms with Crippen molar-refractivity contribution >= 4 is 23.4 Å². The quantitative estimate of drug-likeness (QED) is 0.520. The van der Waals surface area contributed by atoms with Gasteiger partial charge in [-0.1, -0.05) is 0 Å². The lowest BCUT2D eigenvalue weighted by Crippen LogP contribution is -2.12. The number of hydrogen-bond donors (Lipinski definition) is 4. The third kappa shape index (κ3) is 3.93. The molecule has 0 aliphatic carbocycles. The van der Waals surface area contributed by atoms with Crippen molar-refractivity contribution in [1.82, 2.24) is 4.98 Å². The van der Waals surface area contributed by atoms with Crippen molar-refractivity contribution in [3.63, 3.8) is 0 Å². The highest BCUT2D eigenvalue weighted by atomic mass is 16.4. The molecule has 0 saturated carbocycles. The molecule has 1 rings (SSSR count). The van der Waals surface area contributed by atoms with E-state index in [0.29, 0.717) is 25.2 Å². The third-order valence-corrected chi connectivity index (χ3v) is 2.36. The minimum atomic E-state index is -1.09. The van der Waals surface area contributed by atoms with Crippen LogP contribution in [0.1, 0.15) is 29.6 Å². The molecule has 1 aromatic rings. The Morgan fingerprint density at radius 2 is 2.11 bits per heavy atom. The molecule has 0 aromatic carbocycles. The van der Waals surface area contributed by atoms with E-state index in [2.05, 4.69) is 10.3 Å². The lowest BCUT2D eigenvalue weighted by atomic mass is 10.2. The number of pyridine rings is 1. The van der Waals surface area contributed by atoms with Crippen molar-refractivity contribution in [2.75, 3.05) is 17.6 Å². The predicted octanol–water partition coefficient (Wildman–Crippen LogP) is 0.429. The molecule has 0 aliphatic rings. The summed E-state index contributed by atoms with van der Waals surface area (Å²) < 4.78 is 0. The van der Waals surface area contributed by atoms with Gasteiger partial charge in [0.25, 0.3) is 0 Å². The molecule has 7 nitrogen and oxygen atoms in total. The number of hydrogen-bond acceptors (Lipinski definition) is 5. The number of carboxylic acid groups (broad SMARTS) is 1. The first kappa shape index (κ1) is 13.8. The van der Waals surface area contributed by atoms with Crippen LogP contribution in [0.4, 0.5) is 11.5 Å². The lowest BCUT2D eigenvalue weighted by molar-refractivity contribution is -0.118. The number of primary amides is 1. The highest BCUT2D eigenvalue weighted by molar-refractivity contribution is 5.96. The summed E-state index contributed by atoms with van der Waals surface area (Å²) >= 11 is 0. The number of carbonyl (C=O) groups excluding carboxylic acids is 1. The number of nitrogens with one attached hydrogen (secondary N) is 1. The van der Waals surface area contributed by atoms with E-state index in [0.717, 1.165) is 6.42 Å². The molecule has 0 unspecified atom stereocenters. The van der Waals surface area contributed by atoms with E-state index in [4.69, 9.17) is 16.6 Å². The molecule has 1 aromatic heterocycles. The Hall–Kier alpha value is -2.31. The van der Waals surface area contributed by atoms with E-state index in [9.17, 15) is 9.59 Å². The fourth-order valence-electron chi connectivity index (χ4n) is 1.43. The third-order valence-electron chi connectivity index (χ3n) is 2.36. The first-order chi connectivity index (χ1) is 8.52. The summed E-state index contributed by atoms with van der Waals surface area (Å²) in [6.07, 6.45) is 3.10. The van der Waals surface area contributed by atoms with Gasteiger partial charge in [0.05, 0.1) is 11.3 Å². The number of aromatic carboxylic acids is 1. The van der Waals surface area contributed by atoms with E-state index in [1.54, 1.807) is 0 Å². The van der Waals surface area contributed by atoms with Crippen LogP contribution in [0.15, 0.2) is 12.3 Å². The zero-order valence-corrected chi connectivity index (χ0v) is 9.85. The van der Waals surface area contributed by atoms with Crippen molar-refractivity contribution in [1.29, 1.82) is 0 Å². The summed E-state index contributed by atoms with van der Waals surface area (Å²) in [4.78, 5) is 25.3. The number of carbonyl (C=O) groups is 2. The highest BCUT2D eigenvalue weighted by Crippen LogP contribution is 2.19. The average Bonchev–Trinajstić information content (AvgIpc) is 2.30. The Labute approximate surface area is 104 Å². The van der Waals surface area contributed by atoms with Crippen LogP contribution >= 0.6 is 0 Å². The molecule has 0 bridgehead atoms. The van der Waals surface area contributed by atoms with Crippen LogP contribution in [-0.4, -0.2) is 28.5 Å². The van der Waals surface area contributed by atoms with Gasteiger partial charge in [-0.2, -0.15) is 0 Å². The van der Waals surface area contributed by atoms with Crippen molar-refractivity contribution in [2.45, 2.75) is 19.3 Å². The molecule has 6 N–H and O–H groups in total. The predicted molar refractivity (Wildman–Crippen MR) is 67.1 cm³/mol. The normalized spacial score (nSPS) is 10.0. The SMILES string of the molecule is NC(=O)CCCCNc1nccc(C(=O)O)c1N. The number of aromatic nitrogens is 1. The van der Waals surface area contributed by atoms with Gasteiger partial charge in [0, 0.05) is 19.2 Å². The molecule has 7 heteroatoms. The minimum absolute atomic E-state index is 0.0182. The van der Waals surface area contributed by atoms with Crippen molar-refractivity contribution in [3.8, 4) is 0 Å². The summed E-state index contributed by atoms with van der Waals surface area (Å²) in [5, 5.41) is 11.8. The Morgan fingerprint density at radius 3 is 2.72 bits per heavy atom. The maximum Gasteiger partial charge on any atom is 0.337 e. The summed E-state index contributed by atoms with van der Waals surface area (Å²) in [6, 6.07) is 1.34. The van der Waals surface area contributed by atoms with Crippen LogP contribution in [0.5, 0.6) is 0 Å². The fraction of sp³-hybridized carbons (Fsp3) is 0.364. The number of nitrogens with two attached hydrogens (primary N) is 2. The molecule has 0 atom stereocenters. The second-order valence-corrected chi connectivity index (χ2v) is 3.78. The number of nitrogen functional groups attached to an aromatic ring is 1. The van der Waals surface area contributed by atoms with E-state index in [1.807, 2.05) is 0 Å². The van der Waals surface area contributed by atoms with Crippen LogP contribution in [-0.2, 0) is 4.79 Å². The number of rotatable bonds is 7. The standard InChI is InChI=1S/C11H16N4O3/c12-8(16)3-1-2-5-14-10-9(13)7(11(17)18)4-6-15-10/h4,6H,1-3,5,13H2,(H2,12,16)(H,14,15)(H,17,18). The van der Waals surface area contributed by atoms with Crippen LogP contribution in [0.2, 0.25) is 0 Å². The van der Waals surface area contributed by atoms with Crippen molar-refractivity contribution in [2.24, 2.45) is 5.73 Å². The van der Waals surface area contributed by atoms with E-state index in [1.165, 1.54) is 12.3 Å². The van der Waals surface area contributed by atoms with Gasteiger partial charge >= 0.3 is 5.97 Å². The smallest absolute Gasteiger partial charge is 0.337 e. The van der Waals surface area contributed by atoms with Crippen LogP contribution in [0.25, 0.3) is 0 Å². The Bertz CT molecular complexity index is 448. The number of amides is 1. The molecule has 0 aliphatic heterocycles. The monoisotopic (exact) mass is 252 g/mol. The van der Waals surface area contributed by atoms with E-state index >= 15 is 0 Å². The fourth-order valence-corrected chi connectivity index (χ4v) is 1.43. The minimum Gasteiger partial charge on any atom is -0.478 e. The molecule has 0 radical (unpaired) electrons. The molecule has 18 heavy (non-hydrogen) atoms. The summed E-state index contributed by atoms with van der Waals surface area (Å²) in [7, 11) is 0. The molecule has 1 amide bonds. The van der Waals surface area contributed by atoms with Crippen molar-refractivity contribution < 1.29 is 14.7 Å². The zero-order valence-electron chi connectivity index (χ0n) is 9.85. The average molecular weight is 252 g/mol. The van der Waals surface area contributed by atoms with Gasteiger partial charge in [0.15, 0.2) is 0 Å². The first-order valence-electron chi connectivity index (χ1n) is 5.52. The zero-order chi connectivity index (χ0) is 13.5. The molecule has 0 spiro atoms. The van der Waals surface area contributed by atoms with Gasteiger partial charge in [-0.25, -0.2) is 9.78 Å². The first-order valence-corrected chi connectivity index (χ1v) is 5.52. The summed E-state index contributed by atoms with van der Waals surface area (Å²) in [6.45, 7) is 0.549. The highest BCUT2D eigenvalue weighted by Gasteiger charge is 2.11. The molecule has 98 valence electrons. The van der Waals surface area contributed by atoms with E-state index < -0.39 is 5.97 Å². The largest absolute Gasteiger partial charge is 0.478 e. The number of anilines is 2. The molecular weight excluding hydrogens is 236 g/mol. The Balaban J connectivity index is 2.50. The number of carboxylic acids is 1. The van der Waals surface area contributed by atoms with Gasteiger partial charge in [0.1, 0.15) is 5.82 Å². The van der Waals surface area contributed by atoms with Gasteiger partial charge in [-0.15, -0.1) is 0 Å². The summed E-state index contributed by atoms with van der Waals surface area (Å²) in [5.41, 5.74) is 10.8. The molecular formula is C11H16N4O3. The van der Waals surface area contributed by atoms with Crippen LogP contribution in [0, 0.1) is 0 Å². The van der Waals surface area contributed by atoms with Crippen molar-refractivity contribution in [3.05, 3.63) is 17.8 Å². The molecule has 0 saturated heterocycles. The van der Waals surface area contributed by atoms with Gasteiger partial charge in [-0.05, 0) is 18.9 Å². The van der Waals surface area contributed by atoms with Crippen LogP contribution < -0.4 is 16.8 Å². The number of unbranched alkanes of at least 4 members (excludes halogenated alkanes) is 1. The number of nitrogens with zero attached hydrogens (tertiary/aromatic N) is 1. The van der Waals surface area contributed by atoms with E-state index in [-0.39, 0.29) is 17.2 Å². The Kier molecular flexibility index (Phi) is 4.91. The molecule has 1 heterocycles. The second kappa shape index (κ2) is 6.43. The van der Waals surface area contributed by atoms with Gasteiger partial charge in [-0.3, -0.25) is 4.79 Å². The Morgan fingerprint density at radius 1 is 1.39 bits per heavy atom. The maximum absolute atomic E-state index is 10.8. The topological polar surface area (TPSA) is 131 Å². The maximum atomic E-state index is 10.8. The van der Waals surface area contributed by atoms with Gasteiger partial charge < -0.3 is 21.9 Å². The molecule has 0 fully saturated rings.